The monoisotopic (exact) mass is 180 g/mol. The molecule has 0 aromatic carbocycles. The Morgan fingerprint density at radius 3 is 2.77 bits per heavy atom. The lowest BCUT2D eigenvalue weighted by Crippen LogP contribution is -2.35. The molecule has 13 heavy (non-hydrogen) atoms. The van der Waals surface area contributed by atoms with Gasteiger partial charge in [-0.2, -0.15) is 0 Å². The molecule has 0 saturated heterocycles. The molecule has 1 aromatic rings. The molecule has 1 unspecified atom stereocenters. The second-order valence-corrected chi connectivity index (χ2v) is 3.05. The molecule has 1 rings (SSSR count). The highest BCUT2D eigenvalue weighted by Crippen LogP contribution is 2.13. The minimum atomic E-state index is -1.48. The van der Waals surface area contributed by atoms with Gasteiger partial charge in [0.25, 0.3) is 0 Å². The van der Waals surface area contributed by atoms with Gasteiger partial charge in [0.1, 0.15) is 6.33 Å². The number of nitrogens with zero attached hydrogens (tertiary/aromatic N) is 2. The van der Waals surface area contributed by atoms with Crippen LogP contribution in [0.5, 0.6) is 0 Å². The third-order valence-corrected chi connectivity index (χ3v) is 2.13. The van der Waals surface area contributed by atoms with Crippen molar-refractivity contribution in [1.82, 2.24) is 9.97 Å². The normalized spacial score (nSPS) is 12.6. The predicted octanol–water partition coefficient (Wildman–Crippen LogP) is -0.330. The maximum absolute atomic E-state index is 9.02. The molecule has 0 aliphatic carbocycles. The summed E-state index contributed by atoms with van der Waals surface area (Å²) in [6.45, 7) is 4.02. The maximum atomic E-state index is 9.02. The molecule has 1 aromatic heterocycles. The van der Waals surface area contributed by atoms with Crippen LogP contribution in [0.1, 0.15) is 31.9 Å². The van der Waals surface area contributed by atoms with Crippen LogP contribution in [0, 0.1) is 0 Å². The molecule has 2 N–H and O–H groups in total. The molecule has 1 heterocycles. The van der Waals surface area contributed by atoms with E-state index in [1.54, 1.807) is 0 Å². The molecule has 4 nitrogen and oxygen atoms in total. The van der Waals surface area contributed by atoms with Gasteiger partial charge >= 0.3 is 7.12 Å². The first-order valence-electron chi connectivity index (χ1n) is 4.32. The first-order valence-corrected chi connectivity index (χ1v) is 4.32. The summed E-state index contributed by atoms with van der Waals surface area (Å²) >= 11 is 0. The van der Waals surface area contributed by atoms with Gasteiger partial charge in [-0.25, -0.2) is 9.97 Å². The highest BCUT2D eigenvalue weighted by atomic mass is 16.4. The Bertz CT molecular complexity index is 281. The predicted molar refractivity (Wildman–Crippen MR) is 50.6 cm³/mol. The summed E-state index contributed by atoms with van der Waals surface area (Å²) < 4.78 is 0. The van der Waals surface area contributed by atoms with Crippen molar-refractivity contribution < 1.29 is 10.0 Å². The van der Waals surface area contributed by atoms with Gasteiger partial charge in [-0.15, -0.1) is 0 Å². The molecular weight excluding hydrogens is 167 g/mol. The third kappa shape index (κ3) is 2.26. The fraction of sp³-hybridized carbons (Fsp3) is 0.500. The van der Waals surface area contributed by atoms with Crippen molar-refractivity contribution in [3.05, 3.63) is 18.2 Å². The highest BCUT2D eigenvalue weighted by molar-refractivity contribution is 6.59. The summed E-state index contributed by atoms with van der Waals surface area (Å²) in [6.07, 6.45) is 3.78. The molecule has 0 amide bonds. The van der Waals surface area contributed by atoms with Crippen LogP contribution in [0.3, 0.4) is 0 Å². The van der Waals surface area contributed by atoms with Crippen LogP contribution in [0.25, 0.3) is 0 Å². The number of rotatable bonds is 3. The van der Waals surface area contributed by atoms with Crippen LogP contribution in [-0.2, 0) is 0 Å². The van der Waals surface area contributed by atoms with Crippen molar-refractivity contribution in [2.24, 2.45) is 0 Å². The zero-order valence-electron chi connectivity index (χ0n) is 7.81. The molecule has 0 bridgehead atoms. The topological polar surface area (TPSA) is 66.2 Å². The molecule has 70 valence electrons. The van der Waals surface area contributed by atoms with Crippen LogP contribution in [-0.4, -0.2) is 27.1 Å². The minimum Gasteiger partial charge on any atom is -0.423 e. The lowest BCUT2D eigenvalue weighted by atomic mass is 9.77. The Labute approximate surface area is 77.8 Å². The second kappa shape index (κ2) is 4.34. The van der Waals surface area contributed by atoms with Crippen molar-refractivity contribution >= 4 is 12.6 Å². The van der Waals surface area contributed by atoms with E-state index >= 15 is 0 Å². The van der Waals surface area contributed by atoms with E-state index in [-0.39, 0.29) is 5.92 Å². The quantitative estimate of drug-likeness (QED) is 0.625. The van der Waals surface area contributed by atoms with Gasteiger partial charge in [0.2, 0.25) is 0 Å². The summed E-state index contributed by atoms with van der Waals surface area (Å²) in [5.74, 6) is 0.222. The summed E-state index contributed by atoms with van der Waals surface area (Å²) in [5.41, 5.74) is 1.12. The summed E-state index contributed by atoms with van der Waals surface area (Å²) in [5, 5.41) is 18.0. The van der Waals surface area contributed by atoms with E-state index in [4.69, 9.17) is 10.0 Å². The van der Waals surface area contributed by atoms with E-state index in [0.717, 1.165) is 6.42 Å². The standard InChI is InChI=1S/C8H13BN2O2/c1-3-6(2)8-7(9(12)13)4-10-5-11-8/h4-6,12-13H,3H2,1-2H3. The van der Waals surface area contributed by atoms with Gasteiger partial charge in [-0.05, 0) is 12.3 Å². The fourth-order valence-corrected chi connectivity index (χ4v) is 1.15. The Kier molecular flexibility index (Phi) is 3.39. The van der Waals surface area contributed by atoms with Crippen LogP contribution in [0.2, 0.25) is 0 Å². The molecule has 1 atom stereocenters. The van der Waals surface area contributed by atoms with Crippen LogP contribution in [0.4, 0.5) is 0 Å². The van der Waals surface area contributed by atoms with Gasteiger partial charge in [0.15, 0.2) is 0 Å². The van der Waals surface area contributed by atoms with Crippen LogP contribution < -0.4 is 5.46 Å². The summed E-state index contributed by atoms with van der Waals surface area (Å²) in [4.78, 5) is 7.79. The largest absolute Gasteiger partial charge is 0.491 e. The van der Waals surface area contributed by atoms with Gasteiger partial charge < -0.3 is 10.0 Å². The van der Waals surface area contributed by atoms with Gasteiger partial charge in [-0.3, -0.25) is 0 Å². The number of hydrogen-bond acceptors (Lipinski definition) is 4. The van der Waals surface area contributed by atoms with E-state index in [9.17, 15) is 0 Å². The first-order chi connectivity index (χ1) is 6.16. The molecule has 0 fully saturated rings. The Balaban J connectivity index is 3.04. The summed E-state index contributed by atoms with van der Waals surface area (Å²) in [7, 11) is -1.48. The van der Waals surface area contributed by atoms with Crippen molar-refractivity contribution in [1.29, 1.82) is 0 Å². The molecule has 0 saturated carbocycles. The van der Waals surface area contributed by atoms with E-state index in [1.165, 1.54) is 12.5 Å². The second-order valence-electron chi connectivity index (χ2n) is 3.05. The molecular formula is C8H13BN2O2. The molecule has 0 spiro atoms. The number of hydrogen-bond donors (Lipinski definition) is 2. The van der Waals surface area contributed by atoms with E-state index < -0.39 is 7.12 Å². The fourth-order valence-electron chi connectivity index (χ4n) is 1.15. The van der Waals surface area contributed by atoms with Crippen molar-refractivity contribution in [3.8, 4) is 0 Å². The average molecular weight is 180 g/mol. The average Bonchev–Trinajstić information content (AvgIpc) is 2.16. The van der Waals surface area contributed by atoms with Crippen molar-refractivity contribution in [3.63, 3.8) is 0 Å². The lowest BCUT2D eigenvalue weighted by molar-refractivity contribution is 0.424. The zero-order chi connectivity index (χ0) is 9.84. The van der Waals surface area contributed by atoms with Gasteiger partial charge in [-0.1, -0.05) is 13.8 Å². The first kappa shape index (κ1) is 10.1. The van der Waals surface area contributed by atoms with Crippen LogP contribution in [0.15, 0.2) is 12.5 Å². The van der Waals surface area contributed by atoms with Gasteiger partial charge in [0.05, 0.1) is 0 Å². The van der Waals surface area contributed by atoms with E-state index in [2.05, 4.69) is 9.97 Å². The van der Waals surface area contributed by atoms with Crippen molar-refractivity contribution in [2.75, 3.05) is 0 Å². The van der Waals surface area contributed by atoms with Gasteiger partial charge in [0, 0.05) is 17.4 Å². The van der Waals surface area contributed by atoms with Crippen molar-refractivity contribution in [2.45, 2.75) is 26.2 Å². The molecule has 0 aliphatic heterocycles. The summed E-state index contributed by atoms with van der Waals surface area (Å²) in [6, 6.07) is 0. The molecule has 0 aliphatic rings. The SMILES string of the molecule is CCC(C)c1ncncc1B(O)O. The Hall–Kier alpha value is -0.935. The Morgan fingerprint density at radius 2 is 2.23 bits per heavy atom. The smallest absolute Gasteiger partial charge is 0.423 e. The third-order valence-electron chi connectivity index (χ3n) is 2.13. The van der Waals surface area contributed by atoms with E-state index in [0.29, 0.717) is 11.2 Å². The zero-order valence-corrected chi connectivity index (χ0v) is 7.81. The Morgan fingerprint density at radius 1 is 1.54 bits per heavy atom. The maximum Gasteiger partial charge on any atom is 0.491 e. The lowest BCUT2D eigenvalue weighted by Gasteiger charge is -2.11. The molecule has 0 radical (unpaired) electrons. The van der Waals surface area contributed by atoms with E-state index in [1.807, 2.05) is 13.8 Å². The molecule has 5 heteroatoms. The number of aromatic nitrogens is 2. The minimum absolute atomic E-state index is 0.222. The highest BCUT2D eigenvalue weighted by Gasteiger charge is 2.19. The van der Waals surface area contributed by atoms with Crippen LogP contribution >= 0.6 is 0 Å².